The van der Waals surface area contributed by atoms with Gasteiger partial charge in [0.2, 0.25) is 0 Å². The minimum atomic E-state index is -0.982. The van der Waals surface area contributed by atoms with E-state index in [0.717, 1.165) is 16.7 Å². The second-order valence-corrected chi connectivity index (χ2v) is 9.76. The minimum absolute atomic E-state index is 0.0519. The van der Waals surface area contributed by atoms with Crippen LogP contribution in [0.1, 0.15) is 43.8 Å². The van der Waals surface area contributed by atoms with E-state index in [0.29, 0.717) is 47.5 Å². The topological polar surface area (TPSA) is 95.9 Å². The van der Waals surface area contributed by atoms with E-state index in [9.17, 15) is 19.5 Å². The van der Waals surface area contributed by atoms with Gasteiger partial charge < -0.3 is 20.1 Å². The molecule has 0 unspecified atom stereocenters. The first kappa shape index (κ1) is 29.1. The second-order valence-electron chi connectivity index (χ2n) is 9.76. The largest absolute Gasteiger partial charge is 0.496 e. The Bertz CT molecular complexity index is 1530. The van der Waals surface area contributed by atoms with E-state index in [1.807, 2.05) is 79.7 Å². The van der Waals surface area contributed by atoms with Gasteiger partial charge in [0, 0.05) is 30.8 Å². The highest BCUT2D eigenvalue weighted by Gasteiger charge is 2.23. The third-order valence-electron chi connectivity index (χ3n) is 6.88. The summed E-state index contributed by atoms with van der Waals surface area (Å²) in [4.78, 5) is 40.3. The number of hydrogen-bond donors (Lipinski definition) is 2. The Balaban J connectivity index is 1.61. The zero-order chi connectivity index (χ0) is 29.2. The van der Waals surface area contributed by atoms with Crippen LogP contribution >= 0.6 is 0 Å². The number of nitrogens with one attached hydrogen (secondary N) is 1. The van der Waals surface area contributed by atoms with Crippen LogP contribution in [0.4, 0.5) is 0 Å². The van der Waals surface area contributed by atoms with Crippen molar-refractivity contribution in [2.24, 2.45) is 0 Å². The monoisotopic (exact) mass is 550 g/mol. The minimum Gasteiger partial charge on any atom is -0.496 e. The van der Waals surface area contributed by atoms with Gasteiger partial charge in [-0.1, -0.05) is 84.4 Å². The number of nitrogens with zero attached hydrogens (tertiary/aromatic N) is 1. The third kappa shape index (κ3) is 7.60. The van der Waals surface area contributed by atoms with Crippen molar-refractivity contribution in [1.82, 2.24) is 10.2 Å². The van der Waals surface area contributed by atoms with E-state index < -0.39 is 5.97 Å². The summed E-state index contributed by atoms with van der Waals surface area (Å²) >= 11 is 0. The lowest BCUT2D eigenvalue weighted by atomic mass is 9.94. The fourth-order valence-electron chi connectivity index (χ4n) is 4.80. The van der Waals surface area contributed by atoms with E-state index in [1.165, 1.54) is 0 Å². The molecule has 0 aliphatic carbocycles. The highest BCUT2D eigenvalue weighted by atomic mass is 16.5. The molecular formula is C34H34N2O5. The van der Waals surface area contributed by atoms with Crippen molar-refractivity contribution in [3.63, 3.8) is 0 Å². The molecule has 0 radical (unpaired) electrons. The molecule has 0 atom stereocenters. The van der Waals surface area contributed by atoms with E-state index >= 15 is 0 Å². The van der Waals surface area contributed by atoms with Crippen LogP contribution in [0, 0.1) is 6.92 Å². The Morgan fingerprint density at radius 3 is 2.17 bits per heavy atom. The van der Waals surface area contributed by atoms with Gasteiger partial charge in [-0.2, -0.15) is 0 Å². The average molecular weight is 551 g/mol. The quantitative estimate of drug-likeness (QED) is 0.234. The zero-order valence-corrected chi connectivity index (χ0v) is 23.3. The maximum absolute atomic E-state index is 14.0. The van der Waals surface area contributed by atoms with Gasteiger partial charge in [-0.3, -0.25) is 14.4 Å². The van der Waals surface area contributed by atoms with Gasteiger partial charge in [0.25, 0.3) is 11.8 Å². The summed E-state index contributed by atoms with van der Waals surface area (Å²) in [5.74, 6) is -0.817. The number of carbonyl (C=O) groups excluding carboxylic acids is 2. The maximum Gasteiger partial charge on any atom is 0.305 e. The first-order valence-corrected chi connectivity index (χ1v) is 13.5. The van der Waals surface area contributed by atoms with E-state index in [1.54, 1.807) is 36.3 Å². The van der Waals surface area contributed by atoms with Crippen molar-refractivity contribution < 1.29 is 24.2 Å². The first-order valence-electron chi connectivity index (χ1n) is 13.5. The Morgan fingerprint density at radius 2 is 1.46 bits per heavy atom. The molecule has 4 rings (SSSR count). The molecule has 0 bridgehead atoms. The molecule has 0 fully saturated rings. The number of aliphatic carboxylic acids is 1. The van der Waals surface area contributed by atoms with Gasteiger partial charge in [0.05, 0.1) is 13.5 Å². The standard InChI is InChI=1S/C34H34N2O5/c1-24-10-9-11-25(22-24)23-35-33(39)29-15-6-4-13-27(29)28-14-5-7-16-30(28)34(40)36(21-19-32(37)38)20-18-26-12-3-8-17-31(26)41-2/h3-17,22H,18-21,23H2,1-2H3,(H,35,39)(H,37,38). The fraction of sp³-hybridized carbons (Fsp3) is 0.206. The summed E-state index contributed by atoms with van der Waals surface area (Å²) in [7, 11) is 1.59. The number of para-hydroxylation sites is 1. The highest BCUT2D eigenvalue weighted by molar-refractivity contribution is 6.06. The Morgan fingerprint density at radius 1 is 0.805 bits per heavy atom. The molecule has 2 amide bonds. The zero-order valence-electron chi connectivity index (χ0n) is 23.3. The van der Waals surface area contributed by atoms with Crippen LogP contribution < -0.4 is 10.1 Å². The number of benzene rings is 4. The number of carboxylic acid groups (broad SMARTS) is 1. The molecule has 0 saturated heterocycles. The van der Waals surface area contributed by atoms with Crippen molar-refractivity contribution >= 4 is 17.8 Å². The molecule has 0 saturated carbocycles. The Hall–Kier alpha value is -4.91. The van der Waals surface area contributed by atoms with Gasteiger partial charge >= 0.3 is 5.97 Å². The summed E-state index contributed by atoms with van der Waals surface area (Å²) < 4.78 is 5.45. The lowest BCUT2D eigenvalue weighted by Crippen LogP contribution is -2.35. The molecule has 2 N–H and O–H groups in total. The van der Waals surface area contributed by atoms with Crippen LogP contribution in [0.25, 0.3) is 11.1 Å². The molecule has 4 aromatic rings. The lowest BCUT2D eigenvalue weighted by molar-refractivity contribution is -0.137. The van der Waals surface area contributed by atoms with Crippen LogP contribution in [-0.2, 0) is 17.8 Å². The predicted octanol–water partition coefficient (Wildman–Crippen LogP) is 5.76. The lowest BCUT2D eigenvalue weighted by Gasteiger charge is -2.24. The van der Waals surface area contributed by atoms with Gasteiger partial charge in [-0.05, 0) is 53.8 Å². The SMILES string of the molecule is COc1ccccc1CCN(CCC(=O)O)C(=O)c1ccccc1-c1ccccc1C(=O)NCc1cccc(C)c1. The Kier molecular flexibility index (Phi) is 9.89. The molecule has 4 aromatic carbocycles. The number of aryl methyl sites for hydroxylation is 1. The van der Waals surface area contributed by atoms with Gasteiger partial charge in [0.15, 0.2) is 0 Å². The predicted molar refractivity (Wildman–Crippen MR) is 159 cm³/mol. The summed E-state index contributed by atoms with van der Waals surface area (Å²) in [6.45, 7) is 2.74. The van der Waals surface area contributed by atoms with Crippen LogP contribution in [0.5, 0.6) is 5.75 Å². The summed E-state index contributed by atoms with van der Waals surface area (Å²) in [5, 5.41) is 12.4. The number of carboxylic acids is 1. The highest BCUT2D eigenvalue weighted by Crippen LogP contribution is 2.29. The molecule has 0 spiro atoms. The van der Waals surface area contributed by atoms with Gasteiger partial charge in [-0.25, -0.2) is 0 Å². The van der Waals surface area contributed by atoms with Crippen LogP contribution in [-0.4, -0.2) is 48.0 Å². The van der Waals surface area contributed by atoms with Crippen molar-refractivity contribution in [3.05, 3.63) is 125 Å². The third-order valence-corrected chi connectivity index (χ3v) is 6.88. The summed E-state index contributed by atoms with van der Waals surface area (Å²) in [5.41, 5.74) is 5.12. The van der Waals surface area contributed by atoms with Crippen molar-refractivity contribution in [2.75, 3.05) is 20.2 Å². The molecule has 0 aliphatic rings. The number of ether oxygens (including phenoxy) is 1. The Labute approximate surface area is 240 Å². The molecule has 0 aliphatic heterocycles. The molecule has 210 valence electrons. The van der Waals surface area contributed by atoms with E-state index in [2.05, 4.69) is 5.32 Å². The van der Waals surface area contributed by atoms with E-state index in [-0.39, 0.29) is 24.8 Å². The van der Waals surface area contributed by atoms with Crippen molar-refractivity contribution in [1.29, 1.82) is 0 Å². The second kappa shape index (κ2) is 13.9. The summed E-state index contributed by atoms with van der Waals surface area (Å²) in [6, 6.07) is 29.8. The molecule has 7 heteroatoms. The summed E-state index contributed by atoms with van der Waals surface area (Å²) in [6.07, 6.45) is 0.313. The molecular weight excluding hydrogens is 516 g/mol. The van der Waals surface area contributed by atoms with E-state index in [4.69, 9.17) is 4.74 Å². The number of hydrogen-bond acceptors (Lipinski definition) is 4. The fourth-order valence-corrected chi connectivity index (χ4v) is 4.80. The maximum atomic E-state index is 14.0. The smallest absolute Gasteiger partial charge is 0.305 e. The molecule has 0 aromatic heterocycles. The average Bonchev–Trinajstić information content (AvgIpc) is 2.99. The number of methoxy groups -OCH3 is 1. The molecule has 0 heterocycles. The first-order chi connectivity index (χ1) is 19.9. The van der Waals surface area contributed by atoms with Crippen LogP contribution in [0.15, 0.2) is 97.1 Å². The van der Waals surface area contributed by atoms with Crippen molar-refractivity contribution in [2.45, 2.75) is 26.3 Å². The number of amides is 2. The number of rotatable bonds is 12. The van der Waals surface area contributed by atoms with Crippen molar-refractivity contribution in [3.8, 4) is 16.9 Å². The molecule has 7 nitrogen and oxygen atoms in total. The van der Waals surface area contributed by atoms with Gasteiger partial charge in [0.1, 0.15) is 5.75 Å². The normalized spacial score (nSPS) is 10.6. The van der Waals surface area contributed by atoms with Crippen LogP contribution in [0.2, 0.25) is 0 Å². The van der Waals surface area contributed by atoms with Gasteiger partial charge in [-0.15, -0.1) is 0 Å². The van der Waals surface area contributed by atoms with Crippen LogP contribution in [0.3, 0.4) is 0 Å². The number of carbonyl (C=O) groups is 3. The molecule has 41 heavy (non-hydrogen) atoms.